The Balaban J connectivity index is 2.81. The Labute approximate surface area is 101 Å². The fourth-order valence-electron chi connectivity index (χ4n) is 1.83. The third-order valence-corrected chi connectivity index (χ3v) is 2.51. The van der Waals surface area contributed by atoms with Crippen LogP contribution in [0.5, 0.6) is 5.75 Å². The molecule has 0 fully saturated rings. The summed E-state index contributed by atoms with van der Waals surface area (Å²) in [6, 6.07) is 1.34. The Bertz CT molecular complexity index is 383. The summed E-state index contributed by atoms with van der Waals surface area (Å²) >= 11 is 0. The monoisotopic (exact) mass is 237 g/mol. The molecule has 1 aromatic heterocycles. The van der Waals surface area contributed by atoms with E-state index in [1.165, 1.54) is 12.4 Å². The van der Waals surface area contributed by atoms with Gasteiger partial charge in [0, 0.05) is 6.20 Å². The van der Waals surface area contributed by atoms with E-state index in [1.54, 1.807) is 6.07 Å². The van der Waals surface area contributed by atoms with Crippen molar-refractivity contribution >= 4 is 11.6 Å². The van der Waals surface area contributed by atoms with Gasteiger partial charge in [-0.1, -0.05) is 13.8 Å². The molecule has 94 valence electrons. The van der Waals surface area contributed by atoms with Gasteiger partial charge >= 0.3 is 0 Å². The summed E-state index contributed by atoms with van der Waals surface area (Å²) in [6.07, 6.45) is 2.82. The molecule has 0 saturated carbocycles. The average Bonchev–Trinajstić information content (AvgIpc) is 2.20. The maximum atomic E-state index is 12.1. The zero-order valence-corrected chi connectivity index (χ0v) is 10.6. The molecule has 1 atom stereocenters. The van der Waals surface area contributed by atoms with Crippen LogP contribution in [0.25, 0.3) is 0 Å². The minimum Gasteiger partial charge on any atom is -0.504 e. The molecule has 1 rings (SSSR count). The summed E-state index contributed by atoms with van der Waals surface area (Å²) in [5.74, 6) is 0.0302. The number of nitrogens with zero attached hydrogens (tertiary/aromatic N) is 2. The van der Waals surface area contributed by atoms with Crippen LogP contribution in [-0.4, -0.2) is 41.0 Å². The van der Waals surface area contributed by atoms with E-state index in [-0.39, 0.29) is 23.6 Å². The van der Waals surface area contributed by atoms with E-state index in [0.717, 1.165) is 0 Å². The largest absolute Gasteiger partial charge is 0.504 e. The Morgan fingerprint density at radius 2 is 2.12 bits per heavy atom. The van der Waals surface area contributed by atoms with E-state index in [2.05, 4.69) is 10.3 Å². The quantitative estimate of drug-likeness (QED) is 0.828. The molecule has 0 aromatic carbocycles. The van der Waals surface area contributed by atoms with Crippen LogP contribution in [0.15, 0.2) is 18.5 Å². The summed E-state index contributed by atoms with van der Waals surface area (Å²) in [6.45, 7) is 3.97. The summed E-state index contributed by atoms with van der Waals surface area (Å²) in [5, 5.41) is 12.2. The van der Waals surface area contributed by atoms with Crippen LogP contribution in [0.2, 0.25) is 0 Å². The predicted molar refractivity (Wildman–Crippen MR) is 66.8 cm³/mol. The molecule has 5 heteroatoms. The molecule has 0 aliphatic heterocycles. The number of pyridine rings is 1. The second-order valence-corrected chi connectivity index (χ2v) is 4.53. The second-order valence-electron chi connectivity index (χ2n) is 4.53. The summed E-state index contributed by atoms with van der Waals surface area (Å²) in [7, 11) is 3.72. The minimum absolute atomic E-state index is 0.0258. The Morgan fingerprint density at radius 1 is 1.47 bits per heavy atom. The van der Waals surface area contributed by atoms with Crippen LogP contribution in [0.4, 0.5) is 5.69 Å². The van der Waals surface area contributed by atoms with Crippen LogP contribution >= 0.6 is 0 Å². The standard InChI is InChI=1S/C12H19N3O2/c1-8(2)11(15(3)4)12(17)14-9-5-6-13-7-10(9)16/h5-8,11,16H,1-4H3,(H,13,14,17)/t11-/m0/s1. The minimum atomic E-state index is -0.234. The Kier molecular flexibility index (Phi) is 4.45. The normalized spacial score (nSPS) is 12.8. The SMILES string of the molecule is CC(C)[C@@H](C(=O)Nc1ccncc1O)N(C)C. The van der Waals surface area contributed by atoms with Gasteiger partial charge in [-0.15, -0.1) is 0 Å². The van der Waals surface area contributed by atoms with E-state index in [9.17, 15) is 9.90 Å². The van der Waals surface area contributed by atoms with Crippen molar-refractivity contribution in [2.75, 3.05) is 19.4 Å². The molecule has 0 spiro atoms. The lowest BCUT2D eigenvalue weighted by Gasteiger charge is -2.26. The van der Waals surface area contributed by atoms with Gasteiger partial charge in [-0.05, 0) is 26.1 Å². The first-order valence-electron chi connectivity index (χ1n) is 5.53. The van der Waals surface area contributed by atoms with Gasteiger partial charge in [0.05, 0.1) is 17.9 Å². The molecule has 17 heavy (non-hydrogen) atoms. The first-order chi connectivity index (χ1) is 7.93. The highest BCUT2D eigenvalue weighted by Crippen LogP contribution is 2.21. The van der Waals surface area contributed by atoms with Crippen molar-refractivity contribution < 1.29 is 9.90 Å². The molecule has 5 nitrogen and oxygen atoms in total. The van der Waals surface area contributed by atoms with Crippen molar-refractivity contribution in [1.82, 2.24) is 9.88 Å². The molecule has 2 N–H and O–H groups in total. The highest BCUT2D eigenvalue weighted by molar-refractivity contribution is 5.96. The number of carbonyl (C=O) groups excluding carboxylic acids is 1. The highest BCUT2D eigenvalue weighted by atomic mass is 16.3. The van der Waals surface area contributed by atoms with Crippen molar-refractivity contribution in [3.63, 3.8) is 0 Å². The maximum absolute atomic E-state index is 12.1. The fraction of sp³-hybridized carbons (Fsp3) is 0.500. The van der Waals surface area contributed by atoms with E-state index in [4.69, 9.17) is 0 Å². The summed E-state index contributed by atoms with van der Waals surface area (Å²) < 4.78 is 0. The number of nitrogens with one attached hydrogen (secondary N) is 1. The number of anilines is 1. The Morgan fingerprint density at radius 3 is 2.59 bits per heavy atom. The number of amides is 1. The maximum Gasteiger partial charge on any atom is 0.242 e. The van der Waals surface area contributed by atoms with Crippen LogP contribution < -0.4 is 5.32 Å². The van der Waals surface area contributed by atoms with Gasteiger partial charge in [0.2, 0.25) is 5.91 Å². The van der Waals surface area contributed by atoms with E-state index in [0.29, 0.717) is 5.69 Å². The van der Waals surface area contributed by atoms with Crippen LogP contribution in [0.3, 0.4) is 0 Å². The van der Waals surface area contributed by atoms with Crippen molar-refractivity contribution in [1.29, 1.82) is 0 Å². The fourth-order valence-corrected chi connectivity index (χ4v) is 1.83. The first kappa shape index (κ1) is 13.4. The highest BCUT2D eigenvalue weighted by Gasteiger charge is 2.24. The van der Waals surface area contributed by atoms with Gasteiger partial charge in [-0.3, -0.25) is 14.7 Å². The zero-order valence-electron chi connectivity index (χ0n) is 10.6. The molecular weight excluding hydrogens is 218 g/mol. The summed E-state index contributed by atoms with van der Waals surface area (Å²) in [4.78, 5) is 17.7. The lowest BCUT2D eigenvalue weighted by molar-refractivity contribution is -0.121. The van der Waals surface area contributed by atoms with Crippen molar-refractivity contribution in [3.05, 3.63) is 18.5 Å². The number of carbonyl (C=O) groups is 1. The van der Waals surface area contributed by atoms with Gasteiger partial charge in [-0.25, -0.2) is 0 Å². The molecule has 0 bridgehead atoms. The number of likely N-dealkylation sites (N-methyl/N-ethyl adjacent to an activating group) is 1. The number of aromatic nitrogens is 1. The second kappa shape index (κ2) is 5.63. The molecule has 1 heterocycles. The van der Waals surface area contributed by atoms with Gasteiger partial charge in [-0.2, -0.15) is 0 Å². The molecule has 0 saturated heterocycles. The molecule has 0 aliphatic rings. The van der Waals surface area contributed by atoms with E-state index in [1.807, 2.05) is 32.8 Å². The first-order valence-corrected chi connectivity index (χ1v) is 5.53. The van der Waals surface area contributed by atoms with Crippen LogP contribution in [0, 0.1) is 5.92 Å². The van der Waals surface area contributed by atoms with E-state index >= 15 is 0 Å². The third-order valence-electron chi connectivity index (χ3n) is 2.51. The molecule has 0 aliphatic carbocycles. The van der Waals surface area contributed by atoms with Crippen molar-refractivity contribution in [2.45, 2.75) is 19.9 Å². The van der Waals surface area contributed by atoms with Crippen molar-refractivity contribution in [3.8, 4) is 5.75 Å². The van der Waals surface area contributed by atoms with Gasteiger partial charge in [0.15, 0.2) is 5.75 Å². The molecule has 1 aromatic rings. The summed E-state index contributed by atoms with van der Waals surface area (Å²) in [5.41, 5.74) is 0.387. The van der Waals surface area contributed by atoms with Gasteiger partial charge in [0.1, 0.15) is 0 Å². The smallest absolute Gasteiger partial charge is 0.242 e. The van der Waals surface area contributed by atoms with E-state index < -0.39 is 0 Å². The predicted octanol–water partition coefficient (Wildman–Crippen LogP) is 1.31. The number of hydrogen-bond acceptors (Lipinski definition) is 4. The molecule has 1 amide bonds. The lowest BCUT2D eigenvalue weighted by Crippen LogP contribution is -2.43. The number of hydrogen-bond donors (Lipinski definition) is 2. The molecule has 0 unspecified atom stereocenters. The van der Waals surface area contributed by atoms with Gasteiger partial charge in [0.25, 0.3) is 0 Å². The Hall–Kier alpha value is -1.62. The molecule has 0 radical (unpaired) electrons. The van der Waals surface area contributed by atoms with Crippen molar-refractivity contribution in [2.24, 2.45) is 5.92 Å². The average molecular weight is 237 g/mol. The van der Waals surface area contributed by atoms with Crippen LogP contribution in [-0.2, 0) is 4.79 Å². The van der Waals surface area contributed by atoms with Crippen LogP contribution in [0.1, 0.15) is 13.8 Å². The molecular formula is C12H19N3O2. The topological polar surface area (TPSA) is 65.5 Å². The zero-order chi connectivity index (χ0) is 13.0. The van der Waals surface area contributed by atoms with Gasteiger partial charge < -0.3 is 10.4 Å². The lowest BCUT2D eigenvalue weighted by atomic mass is 10.0. The number of aromatic hydroxyl groups is 1. The third kappa shape index (κ3) is 3.42. The number of rotatable bonds is 4.